The van der Waals surface area contributed by atoms with Crippen molar-refractivity contribution in [1.82, 2.24) is 5.32 Å². The second-order valence-corrected chi connectivity index (χ2v) is 5.50. The minimum Gasteiger partial charge on any atom is -0.372 e. The second kappa shape index (κ2) is 4.90. The quantitative estimate of drug-likeness (QED) is 0.802. The van der Waals surface area contributed by atoms with Gasteiger partial charge in [0.2, 0.25) is 5.60 Å². The average Bonchev–Trinajstić information content (AvgIpc) is 2.73. The first-order chi connectivity index (χ1) is 9.61. The monoisotopic (exact) mass is 274 g/mol. The van der Waals surface area contributed by atoms with Crippen molar-refractivity contribution >= 4 is 17.5 Å². The highest BCUT2D eigenvalue weighted by atomic mass is 16.3. The fourth-order valence-corrected chi connectivity index (χ4v) is 2.63. The maximum Gasteiger partial charge on any atom is 0.268 e. The molecule has 5 heteroatoms. The lowest BCUT2D eigenvalue weighted by Gasteiger charge is -2.30. The highest BCUT2D eigenvalue weighted by Crippen LogP contribution is 2.29. The largest absolute Gasteiger partial charge is 0.372 e. The van der Waals surface area contributed by atoms with Gasteiger partial charge in [-0.1, -0.05) is 18.2 Å². The lowest BCUT2D eigenvalue weighted by molar-refractivity contribution is -0.150. The molecule has 1 aliphatic heterocycles. The summed E-state index contributed by atoms with van der Waals surface area (Å²) in [6.07, 6.45) is 3.09. The molecule has 1 saturated carbocycles. The lowest BCUT2D eigenvalue weighted by Crippen LogP contribution is -2.55. The van der Waals surface area contributed by atoms with Crippen molar-refractivity contribution in [1.29, 1.82) is 0 Å². The predicted octanol–water partition coefficient (Wildman–Crippen LogP) is 0.823. The normalized spacial score (nSPS) is 26.4. The van der Waals surface area contributed by atoms with Crippen LogP contribution in [0.1, 0.15) is 25.7 Å². The van der Waals surface area contributed by atoms with Gasteiger partial charge in [-0.25, -0.2) is 0 Å². The summed E-state index contributed by atoms with van der Waals surface area (Å²) in [5.41, 5.74) is -1.20. The van der Waals surface area contributed by atoms with Gasteiger partial charge in [-0.2, -0.15) is 0 Å². The summed E-state index contributed by atoms with van der Waals surface area (Å²) in [5, 5.41) is 13.2. The summed E-state index contributed by atoms with van der Waals surface area (Å²) in [6, 6.07) is 9.23. The average molecular weight is 274 g/mol. The Labute approximate surface area is 117 Å². The number of nitrogens with zero attached hydrogens (tertiary/aromatic N) is 1. The molecular weight excluding hydrogens is 256 g/mol. The zero-order valence-electron chi connectivity index (χ0n) is 11.2. The number of anilines is 1. The number of amides is 2. The summed E-state index contributed by atoms with van der Waals surface area (Å²) in [6.45, 7) is 0.359. The molecule has 0 bridgehead atoms. The first kappa shape index (κ1) is 13.1. The Bertz CT molecular complexity index is 527. The summed E-state index contributed by atoms with van der Waals surface area (Å²) >= 11 is 0. The number of para-hydroxylation sites is 1. The van der Waals surface area contributed by atoms with E-state index in [4.69, 9.17) is 0 Å². The van der Waals surface area contributed by atoms with Crippen molar-refractivity contribution in [3.05, 3.63) is 30.3 Å². The topological polar surface area (TPSA) is 69.6 Å². The smallest absolute Gasteiger partial charge is 0.268 e. The van der Waals surface area contributed by atoms with Gasteiger partial charge < -0.3 is 15.3 Å². The molecular formula is C15H18N2O3. The number of carbonyl (C=O) groups is 2. The molecule has 1 aliphatic carbocycles. The molecule has 1 aromatic rings. The van der Waals surface area contributed by atoms with Crippen molar-refractivity contribution in [3.63, 3.8) is 0 Å². The molecule has 1 heterocycles. The van der Waals surface area contributed by atoms with E-state index in [1.807, 2.05) is 18.2 Å². The van der Waals surface area contributed by atoms with Crippen LogP contribution in [0.3, 0.4) is 0 Å². The van der Waals surface area contributed by atoms with Crippen molar-refractivity contribution in [2.75, 3.05) is 11.4 Å². The van der Waals surface area contributed by atoms with Crippen LogP contribution in [-0.2, 0) is 9.59 Å². The van der Waals surface area contributed by atoms with E-state index >= 15 is 0 Å². The van der Waals surface area contributed by atoms with Gasteiger partial charge in [0.05, 0.1) is 0 Å². The fourth-order valence-electron chi connectivity index (χ4n) is 2.63. The van der Waals surface area contributed by atoms with Crippen LogP contribution < -0.4 is 10.2 Å². The summed E-state index contributed by atoms with van der Waals surface area (Å²) in [4.78, 5) is 26.0. The van der Waals surface area contributed by atoms with Crippen LogP contribution in [-0.4, -0.2) is 35.1 Å². The Balaban J connectivity index is 1.75. The summed E-state index contributed by atoms with van der Waals surface area (Å²) in [7, 11) is 0. The van der Waals surface area contributed by atoms with Crippen LogP contribution in [0.25, 0.3) is 0 Å². The van der Waals surface area contributed by atoms with Crippen LogP contribution in [0.15, 0.2) is 30.3 Å². The van der Waals surface area contributed by atoms with Gasteiger partial charge in [-0.15, -0.1) is 0 Å². The van der Waals surface area contributed by atoms with Crippen LogP contribution in [0, 0.1) is 0 Å². The van der Waals surface area contributed by atoms with E-state index < -0.39 is 17.4 Å². The Morgan fingerprint density at radius 2 is 2.00 bits per heavy atom. The van der Waals surface area contributed by atoms with Crippen molar-refractivity contribution < 1.29 is 14.7 Å². The summed E-state index contributed by atoms with van der Waals surface area (Å²) in [5.74, 6) is -1.08. The van der Waals surface area contributed by atoms with Gasteiger partial charge in [0.25, 0.3) is 11.8 Å². The molecule has 5 nitrogen and oxygen atoms in total. The van der Waals surface area contributed by atoms with E-state index in [-0.39, 0.29) is 12.5 Å². The minimum absolute atomic E-state index is 0.116. The van der Waals surface area contributed by atoms with E-state index in [0.717, 1.165) is 19.3 Å². The molecule has 2 fully saturated rings. The molecule has 20 heavy (non-hydrogen) atoms. The van der Waals surface area contributed by atoms with E-state index in [9.17, 15) is 14.7 Å². The fraction of sp³-hybridized carbons (Fsp3) is 0.467. The Morgan fingerprint density at radius 3 is 2.60 bits per heavy atom. The van der Waals surface area contributed by atoms with E-state index in [1.165, 1.54) is 4.90 Å². The number of nitrogens with one attached hydrogen (secondary N) is 1. The van der Waals surface area contributed by atoms with Crippen molar-refractivity contribution in [2.24, 2.45) is 0 Å². The summed E-state index contributed by atoms with van der Waals surface area (Å²) < 4.78 is 0. The highest BCUT2D eigenvalue weighted by Gasteiger charge is 2.52. The zero-order valence-corrected chi connectivity index (χ0v) is 11.2. The van der Waals surface area contributed by atoms with Crippen LogP contribution in [0.5, 0.6) is 0 Å². The molecule has 0 unspecified atom stereocenters. The number of benzene rings is 1. The van der Waals surface area contributed by atoms with Gasteiger partial charge in [0, 0.05) is 24.7 Å². The third kappa shape index (κ3) is 2.08. The van der Waals surface area contributed by atoms with Gasteiger partial charge in [0.1, 0.15) is 0 Å². The zero-order chi connectivity index (χ0) is 14.2. The third-order valence-electron chi connectivity index (χ3n) is 4.18. The SMILES string of the molecule is O=C(NC1CCC1)[C@@]1(O)CCN(c2ccccc2)C1=O. The number of rotatable bonds is 3. The van der Waals surface area contributed by atoms with Gasteiger partial charge in [-0.3, -0.25) is 9.59 Å². The molecule has 0 radical (unpaired) electrons. The first-order valence-electron chi connectivity index (χ1n) is 7.01. The van der Waals surface area contributed by atoms with Gasteiger partial charge >= 0.3 is 0 Å². The number of hydrogen-bond donors (Lipinski definition) is 2. The molecule has 3 rings (SSSR count). The van der Waals surface area contributed by atoms with Crippen molar-refractivity contribution in [2.45, 2.75) is 37.3 Å². The molecule has 1 aromatic carbocycles. The molecule has 0 spiro atoms. The van der Waals surface area contributed by atoms with E-state index in [1.54, 1.807) is 12.1 Å². The number of carbonyl (C=O) groups excluding carboxylic acids is 2. The highest BCUT2D eigenvalue weighted by molar-refractivity contribution is 6.16. The standard InChI is InChI=1S/C15H18N2O3/c18-13(16-11-5-4-6-11)15(20)9-10-17(14(15)19)12-7-2-1-3-8-12/h1-3,7-8,11,20H,4-6,9-10H2,(H,16,18)/t15-/m0/s1. The third-order valence-corrected chi connectivity index (χ3v) is 4.18. The maximum absolute atomic E-state index is 12.4. The molecule has 1 saturated heterocycles. The number of hydrogen-bond acceptors (Lipinski definition) is 3. The molecule has 2 amide bonds. The van der Waals surface area contributed by atoms with Crippen molar-refractivity contribution in [3.8, 4) is 0 Å². The van der Waals surface area contributed by atoms with Gasteiger partial charge in [0.15, 0.2) is 0 Å². The predicted molar refractivity (Wildman–Crippen MR) is 74.1 cm³/mol. The number of aliphatic hydroxyl groups is 1. The molecule has 1 atom stereocenters. The Kier molecular flexibility index (Phi) is 3.22. The molecule has 2 N–H and O–H groups in total. The molecule has 106 valence electrons. The lowest BCUT2D eigenvalue weighted by atomic mass is 9.91. The molecule has 2 aliphatic rings. The Morgan fingerprint density at radius 1 is 1.30 bits per heavy atom. The maximum atomic E-state index is 12.4. The minimum atomic E-state index is -1.91. The Hall–Kier alpha value is -1.88. The van der Waals surface area contributed by atoms with Crippen LogP contribution >= 0.6 is 0 Å². The van der Waals surface area contributed by atoms with Crippen LogP contribution in [0.2, 0.25) is 0 Å². The first-order valence-corrected chi connectivity index (χ1v) is 7.01. The van der Waals surface area contributed by atoms with E-state index in [2.05, 4.69) is 5.32 Å². The van der Waals surface area contributed by atoms with Gasteiger partial charge in [-0.05, 0) is 31.4 Å². The molecule has 0 aromatic heterocycles. The van der Waals surface area contributed by atoms with Crippen LogP contribution in [0.4, 0.5) is 5.69 Å². The second-order valence-electron chi connectivity index (χ2n) is 5.50. The van der Waals surface area contributed by atoms with E-state index in [0.29, 0.717) is 12.2 Å².